The van der Waals surface area contributed by atoms with Crippen LogP contribution in [0.2, 0.25) is 0 Å². The number of aliphatic hydroxyl groups is 1. The summed E-state index contributed by atoms with van der Waals surface area (Å²) in [7, 11) is 1.61. The lowest BCUT2D eigenvalue weighted by Gasteiger charge is -2.12. The molecule has 0 saturated carbocycles. The molecule has 5 nitrogen and oxygen atoms in total. The van der Waals surface area contributed by atoms with Gasteiger partial charge in [-0.1, -0.05) is 12.1 Å². The largest absolute Gasteiger partial charge is 0.497 e. The fraction of sp³-hybridized carbons (Fsp3) is 0.417. The first-order valence-electron chi connectivity index (χ1n) is 5.42. The van der Waals surface area contributed by atoms with Crippen LogP contribution in [0.1, 0.15) is 5.56 Å². The van der Waals surface area contributed by atoms with Crippen LogP contribution in [0.4, 0.5) is 4.79 Å². The monoisotopic (exact) mass is 237 g/mol. The van der Waals surface area contributed by atoms with Gasteiger partial charge in [-0.3, -0.25) is 0 Å². The van der Waals surface area contributed by atoms with Crippen LogP contribution in [0.25, 0.3) is 0 Å². The highest BCUT2D eigenvalue weighted by molar-refractivity contribution is 5.69. The molecule has 2 rings (SSSR count). The summed E-state index contributed by atoms with van der Waals surface area (Å²) in [6.45, 7) is 0.783. The second kappa shape index (κ2) is 5.05. The lowest BCUT2D eigenvalue weighted by molar-refractivity contribution is 0.0947. The van der Waals surface area contributed by atoms with Crippen molar-refractivity contribution in [1.82, 2.24) is 4.90 Å². The first-order valence-corrected chi connectivity index (χ1v) is 5.42. The molecule has 1 aliphatic heterocycles. The van der Waals surface area contributed by atoms with E-state index in [0.29, 0.717) is 13.1 Å². The number of rotatable bonds is 4. The fourth-order valence-corrected chi connectivity index (χ4v) is 1.75. The second-order valence-electron chi connectivity index (χ2n) is 3.92. The Morgan fingerprint density at radius 3 is 2.71 bits per heavy atom. The zero-order chi connectivity index (χ0) is 12.3. The topological polar surface area (TPSA) is 59.0 Å². The fourth-order valence-electron chi connectivity index (χ4n) is 1.75. The van der Waals surface area contributed by atoms with Crippen LogP contribution in [-0.4, -0.2) is 42.5 Å². The summed E-state index contributed by atoms with van der Waals surface area (Å²) in [6.07, 6.45) is -0.777. The number of ether oxygens (including phenoxy) is 2. The van der Waals surface area contributed by atoms with E-state index in [-0.39, 0.29) is 12.7 Å². The average Bonchev–Trinajstić information content (AvgIpc) is 2.71. The number of benzene rings is 1. The molecule has 0 spiro atoms. The third kappa shape index (κ3) is 2.68. The molecule has 1 aromatic carbocycles. The van der Waals surface area contributed by atoms with Crippen LogP contribution in [0.3, 0.4) is 0 Å². The Hall–Kier alpha value is -1.75. The highest BCUT2D eigenvalue weighted by Gasteiger charge is 2.30. The predicted octanol–water partition coefficient (Wildman–Crippen LogP) is 1.01. The zero-order valence-electron chi connectivity index (χ0n) is 9.63. The maximum Gasteiger partial charge on any atom is 0.410 e. The first kappa shape index (κ1) is 11.7. The lowest BCUT2D eigenvalue weighted by Crippen LogP contribution is -2.25. The average molecular weight is 237 g/mol. The van der Waals surface area contributed by atoms with Crippen LogP contribution < -0.4 is 4.74 Å². The molecule has 1 aliphatic rings. The summed E-state index contributed by atoms with van der Waals surface area (Å²) in [4.78, 5) is 13.0. The molecule has 1 heterocycles. The highest BCUT2D eigenvalue weighted by atomic mass is 16.6. The molecule has 1 fully saturated rings. The van der Waals surface area contributed by atoms with Crippen molar-refractivity contribution in [3.8, 4) is 5.75 Å². The van der Waals surface area contributed by atoms with Crippen molar-refractivity contribution in [3.05, 3.63) is 29.8 Å². The van der Waals surface area contributed by atoms with Crippen molar-refractivity contribution in [1.29, 1.82) is 0 Å². The molecular weight excluding hydrogens is 222 g/mol. The van der Waals surface area contributed by atoms with E-state index in [1.807, 2.05) is 24.3 Å². The van der Waals surface area contributed by atoms with E-state index in [0.717, 1.165) is 11.3 Å². The Kier molecular flexibility index (Phi) is 3.49. The molecule has 0 bridgehead atoms. The van der Waals surface area contributed by atoms with Crippen LogP contribution >= 0.6 is 0 Å². The van der Waals surface area contributed by atoms with Gasteiger partial charge in [0.2, 0.25) is 0 Å². The SMILES string of the molecule is COc1ccc(CN2C[C@@H](CO)OC2=O)cc1. The van der Waals surface area contributed by atoms with E-state index >= 15 is 0 Å². The standard InChI is InChI=1S/C12H15NO4/c1-16-10-4-2-9(3-5-10)6-13-7-11(8-14)17-12(13)15/h2-5,11,14H,6-8H2,1H3/t11-/m0/s1. The van der Waals surface area contributed by atoms with E-state index in [2.05, 4.69) is 0 Å². The molecule has 1 amide bonds. The molecule has 92 valence electrons. The van der Waals surface area contributed by atoms with E-state index in [1.165, 1.54) is 0 Å². The molecule has 0 aromatic heterocycles. The Balaban J connectivity index is 1.98. The van der Waals surface area contributed by atoms with Gasteiger partial charge in [0.05, 0.1) is 20.3 Å². The normalized spacial score (nSPS) is 19.3. The van der Waals surface area contributed by atoms with Crippen molar-refractivity contribution in [2.75, 3.05) is 20.3 Å². The van der Waals surface area contributed by atoms with Gasteiger partial charge in [0.15, 0.2) is 0 Å². The summed E-state index contributed by atoms with van der Waals surface area (Å²) >= 11 is 0. The van der Waals surface area contributed by atoms with Crippen LogP contribution in [-0.2, 0) is 11.3 Å². The molecule has 0 radical (unpaired) electrons. The summed E-state index contributed by atoms with van der Waals surface area (Å²) < 4.78 is 10.0. The number of nitrogens with zero attached hydrogens (tertiary/aromatic N) is 1. The minimum Gasteiger partial charge on any atom is -0.497 e. The van der Waals surface area contributed by atoms with Crippen LogP contribution in [0.5, 0.6) is 5.75 Å². The third-order valence-corrected chi connectivity index (χ3v) is 2.69. The molecule has 1 saturated heterocycles. The Bertz CT molecular complexity index is 390. The Morgan fingerprint density at radius 2 is 2.18 bits per heavy atom. The summed E-state index contributed by atoms with van der Waals surface area (Å²) in [5.41, 5.74) is 1.00. The minimum atomic E-state index is -0.402. The quantitative estimate of drug-likeness (QED) is 0.849. The number of hydrogen-bond acceptors (Lipinski definition) is 4. The van der Waals surface area contributed by atoms with Crippen LogP contribution in [0, 0.1) is 0 Å². The number of carbonyl (C=O) groups is 1. The molecule has 5 heteroatoms. The summed E-state index contributed by atoms with van der Waals surface area (Å²) in [6, 6.07) is 7.50. The van der Waals surface area contributed by atoms with Crippen molar-refractivity contribution < 1.29 is 19.4 Å². The van der Waals surface area contributed by atoms with Crippen molar-refractivity contribution in [2.24, 2.45) is 0 Å². The highest BCUT2D eigenvalue weighted by Crippen LogP contribution is 2.17. The van der Waals surface area contributed by atoms with E-state index in [1.54, 1.807) is 12.0 Å². The molecule has 0 unspecified atom stereocenters. The third-order valence-electron chi connectivity index (χ3n) is 2.69. The molecule has 1 aromatic rings. The van der Waals surface area contributed by atoms with E-state index in [9.17, 15) is 4.79 Å². The van der Waals surface area contributed by atoms with Gasteiger partial charge < -0.3 is 19.5 Å². The molecule has 1 N–H and O–H groups in total. The number of hydrogen-bond donors (Lipinski definition) is 1. The van der Waals surface area contributed by atoms with Crippen LogP contribution in [0.15, 0.2) is 24.3 Å². The number of aliphatic hydroxyl groups excluding tert-OH is 1. The van der Waals surface area contributed by atoms with Gasteiger partial charge in [-0.2, -0.15) is 0 Å². The number of amides is 1. The lowest BCUT2D eigenvalue weighted by atomic mass is 10.2. The van der Waals surface area contributed by atoms with Gasteiger partial charge in [-0.05, 0) is 17.7 Å². The number of methoxy groups -OCH3 is 1. The van der Waals surface area contributed by atoms with Crippen molar-refractivity contribution >= 4 is 6.09 Å². The van der Waals surface area contributed by atoms with E-state index in [4.69, 9.17) is 14.6 Å². The predicted molar refractivity (Wildman–Crippen MR) is 60.8 cm³/mol. The molecule has 17 heavy (non-hydrogen) atoms. The Labute approximate surface area is 99.6 Å². The van der Waals surface area contributed by atoms with Gasteiger partial charge in [-0.15, -0.1) is 0 Å². The second-order valence-corrected chi connectivity index (χ2v) is 3.92. The minimum absolute atomic E-state index is 0.134. The summed E-state index contributed by atoms with van der Waals surface area (Å²) in [5, 5.41) is 8.92. The van der Waals surface area contributed by atoms with Gasteiger partial charge in [-0.25, -0.2) is 4.79 Å². The Morgan fingerprint density at radius 1 is 1.47 bits per heavy atom. The maximum atomic E-state index is 11.4. The molecular formula is C12H15NO4. The smallest absolute Gasteiger partial charge is 0.410 e. The van der Waals surface area contributed by atoms with Gasteiger partial charge in [0.1, 0.15) is 11.9 Å². The zero-order valence-corrected chi connectivity index (χ0v) is 9.63. The van der Waals surface area contributed by atoms with Crippen molar-refractivity contribution in [2.45, 2.75) is 12.6 Å². The molecule has 0 aliphatic carbocycles. The van der Waals surface area contributed by atoms with Gasteiger partial charge >= 0.3 is 6.09 Å². The number of cyclic esters (lactones) is 1. The number of carbonyl (C=O) groups excluding carboxylic acids is 1. The van der Waals surface area contributed by atoms with Crippen molar-refractivity contribution in [3.63, 3.8) is 0 Å². The maximum absolute atomic E-state index is 11.4. The molecule has 1 atom stereocenters. The van der Waals surface area contributed by atoms with Gasteiger partial charge in [0.25, 0.3) is 0 Å². The van der Waals surface area contributed by atoms with Gasteiger partial charge in [0, 0.05) is 6.54 Å². The van der Waals surface area contributed by atoms with E-state index < -0.39 is 6.10 Å². The summed E-state index contributed by atoms with van der Waals surface area (Å²) in [5.74, 6) is 0.783. The first-order chi connectivity index (χ1) is 8.22.